The molecule has 27 heavy (non-hydrogen) atoms. The lowest BCUT2D eigenvalue weighted by Gasteiger charge is -2.26. The van der Waals surface area contributed by atoms with Crippen molar-refractivity contribution in [2.24, 2.45) is 11.3 Å². The smallest absolute Gasteiger partial charge is 0.142 e. The number of carbonyl (C=O) groups excluding carboxylic acids is 1. The first kappa shape index (κ1) is 24.2. The molecule has 0 N–H and O–H groups in total. The molecule has 1 aromatic carbocycles. The summed E-state index contributed by atoms with van der Waals surface area (Å²) >= 11 is 1.85. The van der Waals surface area contributed by atoms with Gasteiger partial charge in [-0.3, -0.25) is 4.79 Å². The summed E-state index contributed by atoms with van der Waals surface area (Å²) in [6, 6.07) is 8.89. The number of hydrogen-bond acceptors (Lipinski definition) is 3. The fourth-order valence-corrected chi connectivity index (χ4v) is 3.98. The summed E-state index contributed by atoms with van der Waals surface area (Å²) in [6.07, 6.45) is 0.795. The van der Waals surface area contributed by atoms with Gasteiger partial charge in [-0.25, -0.2) is 0 Å². The molecule has 1 unspecified atom stereocenters. The van der Waals surface area contributed by atoms with E-state index < -0.39 is 0 Å². The van der Waals surface area contributed by atoms with Gasteiger partial charge in [0.2, 0.25) is 0 Å². The van der Waals surface area contributed by atoms with Crippen molar-refractivity contribution in [2.75, 3.05) is 12.4 Å². The first-order valence-corrected chi connectivity index (χ1v) is 11.2. The van der Waals surface area contributed by atoms with Crippen LogP contribution in [0.1, 0.15) is 79.9 Å². The standard InChI is InChI=1S/C24H40O2S/c1-22(2,3)20-12-10-18(11-13-20)16-27-17-19(21(25)23(4,5)6)14-15-26-24(7,8)9/h10-13,19H,14-17H2,1-9H3. The van der Waals surface area contributed by atoms with Crippen molar-refractivity contribution >= 4 is 17.5 Å². The normalized spacial score (nSPS) is 14.3. The van der Waals surface area contributed by atoms with Crippen molar-refractivity contribution in [1.29, 1.82) is 0 Å². The summed E-state index contributed by atoms with van der Waals surface area (Å²) in [4.78, 5) is 12.8. The Morgan fingerprint density at radius 3 is 1.96 bits per heavy atom. The Labute approximate surface area is 171 Å². The van der Waals surface area contributed by atoms with Gasteiger partial charge in [0.05, 0.1) is 5.60 Å². The molecule has 0 amide bonds. The Morgan fingerprint density at radius 2 is 1.52 bits per heavy atom. The zero-order valence-corrected chi connectivity index (χ0v) is 19.8. The fourth-order valence-electron chi connectivity index (χ4n) is 2.83. The van der Waals surface area contributed by atoms with E-state index in [1.54, 1.807) is 0 Å². The Kier molecular flexibility index (Phi) is 8.62. The molecule has 0 bridgehead atoms. The molecule has 154 valence electrons. The first-order chi connectivity index (χ1) is 12.2. The van der Waals surface area contributed by atoms with Gasteiger partial charge in [0.1, 0.15) is 5.78 Å². The average Bonchev–Trinajstić information content (AvgIpc) is 2.50. The van der Waals surface area contributed by atoms with Crippen LogP contribution in [0.2, 0.25) is 0 Å². The first-order valence-electron chi connectivity index (χ1n) is 10.1. The summed E-state index contributed by atoms with van der Waals surface area (Å²) in [5, 5.41) is 0. The van der Waals surface area contributed by atoms with E-state index in [1.165, 1.54) is 11.1 Å². The van der Waals surface area contributed by atoms with Crippen LogP contribution >= 0.6 is 11.8 Å². The van der Waals surface area contributed by atoms with Gasteiger partial charge in [-0.2, -0.15) is 11.8 Å². The quantitative estimate of drug-likeness (QED) is 0.495. The van der Waals surface area contributed by atoms with Crippen molar-refractivity contribution < 1.29 is 9.53 Å². The largest absolute Gasteiger partial charge is 0.376 e. The molecule has 0 saturated heterocycles. The number of hydrogen-bond donors (Lipinski definition) is 0. The topological polar surface area (TPSA) is 26.3 Å². The predicted octanol–water partition coefficient (Wildman–Crippen LogP) is 6.65. The van der Waals surface area contributed by atoms with Crippen LogP contribution in [0.4, 0.5) is 0 Å². The summed E-state index contributed by atoms with van der Waals surface area (Å²) in [6.45, 7) is 19.6. The molecule has 1 rings (SSSR count). The second kappa shape index (κ2) is 9.60. The minimum absolute atomic E-state index is 0.0474. The maximum atomic E-state index is 12.8. The zero-order valence-electron chi connectivity index (χ0n) is 18.9. The molecule has 0 saturated carbocycles. The molecule has 0 fully saturated rings. The average molecular weight is 393 g/mol. The molecule has 1 atom stereocenters. The summed E-state index contributed by atoms with van der Waals surface area (Å²) < 4.78 is 5.87. The number of Topliss-reactive ketones (excluding diaryl/α,β-unsaturated/α-hetero) is 1. The number of ketones is 1. The van der Waals surface area contributed by atoms with Crippen molar-refractivity contribution in [1.82, 2.24) is 0 Å². The molecule has 0 radical (unpaired) electrons. The van der Waals surface area contributed by atoms with Crippen LogP contribution in [0.15, 0.2) is 24.3 Å². The second-order valence-corrected chi connectivity index (χ2v) is 11.6. The number of benzene rings is 1. The van der Waals surface area contributed by atoms with E-state index in [2.05, 4.69) is 65.8 Å². The Balaban J connectivity index is 2.63. The lowest BCUT2D eigenvalue weighted by atomic mass is 9.82. The van der Waals surface area contributed by atoms with Gasteiger partial charge in [0, 0.05) is 29.4 Å². The highest BCUT2D eigenvalue weighted by atomic mass is 32.2. The van der Waals surface area contributed by atoms with Crippen molar-refractivity contribution in [3.8, 4) is 0 Å². The van der Waals surface area contributed by atoms with Crippen molar-refractivity contribution in [3.05, 3.63) is 35.4 Å². The van der Waals surface area contributed by atoms with Crippen LogP contribution in [0.5, 0.6) is 0 Å². The van der Waals surface area contributed by atoms with E-state index in [4.69, 9.17) is 4.74 Å². The van der Waals surface area contributed by atoms with E-state index in [9.17, 15) is 4.79 Å². The maximum absolute atomic E-state index is 12.8. The van der Waals surface area contributed by atoms with E-state index in [0.29, 0.717) is 12.4 Å². The van der Waals surface area contributed by atoms with E-state index in [0.717, 1.165) is 17.9 Å². The summed E-state index contributed by atoms with van der Waals surface area (Å²) in [5.74, 6) is 2.19. The monoisotopic (exact) mass is 392 g/mol. The van der Waals surface area contributed by atoms with Gasteiger partial charge < -0.3 is 4.74 Å². The van der Waals surface area contributed by atoms with Gasteiger partial charge in [0.25, 0.3) is 0 Å². The molecule has 3 heteroatoms. The highest BCUT2D eigenvalue weighted by Crippen LogP contribution is 2.28. The molecule has 0 aromatic heterocycles. The maximum Gasteiger partial charge on any atom is 0.142 e. The number of rotatable bonds is 8. The van der Waals surface area contributed by atoms with Gasteiger partial charge in [-0.15, -0.1) is 0 Å². The molecule has 0 aliphatic rings. The third-order valence-electron chi connectivity index (χ3n) is 4.52. The third kappa shape index (κ3) is 9.30. The highest BCUT2D eigenvalue weighted by molar-refractivity contribution is 7.98. The Hall–Kier alpha value is -0.800. The third-order valence-corrected chi connectivity index (χ3v) is 5.69. The second-order valence-electron chi connectivity index (χ2n) is 10.5. The van der Waals surface area contributed by atoms with Gasteiger partial charge >= 0.3 is 0 Å². The summed E-state index contributed by atoms with van der Waals surface area (Å²) in [5.41, 5.74) is 2.40. The van der Waals surface area contributed by atoms with Crippen molar-refractivity contribution in [3.63, 3.8) is 0 Å². The van der Waals surface area contributed by atoms with Crippen LogP contribution in [0, 0.1) is 11.3 Å². The highest BCUT2D eigenvalue weighted by Gasteiger charge is 2.29. The summed E-state index contributed by atoms with van der Waals surface area (Å²) in [7, 11) is 0. The van der Waals surface area contributed by atoms with E-state index in [-0.39, 0.29) is 22.3 Å². The number of carbonyl (C=O) groups is 1. The number of ether oxygens (including phenoxy) is 1. The fraction of sp³-hybridized carbons (Fsp3) is 0.708. The molecular weight excluding hydrogens is 352 g/mol. The number of thioether (sulfide) groups is 1. The zero-order chi connectivity index (χ0) is 20.9. The molecule has 1 aromatic rings. The van der Waals surface area contributed by atoms with Crippen LogP contribution < -0.4 is 0 Å². The predicted molar refractivity (Wildman–Crippen MR) is 120 cm³/mol. The molecular formula is C24H40O2S. The minimum atomic E-state index is -0.304. The van der Waals surface area contributed by atoms with E-state index >= 15 is 0 Å². The lowest BCUT2D eigenvalue weighted by molar-refractivity contribution is -0.130. The van der Waals surface area contributed by atoms with Gasteiger partial charge in [0.15, 0.2) is 0 Å². The molecule has 0 aliphatic carbocycles. The van der Waals surface area contributed by atoms with Crippen LogP contribution in [-0.2, 0) is 20.7 Å². The van der Waals surface area contributed by atoms with Gasteiger partial charge in [-0.1, -0.05) is 65.8 Å². The SMILES string of the molecule is CC(C)(C)OCCC(CSCc1ccc(C(C)(C)C)cc1)C(=O)C(C)(C)C. The lowest BCUT2D eigenvalue weighted by Crippen LogP contribution is -2.31. The molecule has 0 heterocycles. The Bertz CT molecular complexity index is 583. The van der Waals surface area contributed by atoms with Crippen molar-refractivity contribution in [2.45, 2.75) is 85.5 Å². The van der Waals surface area contributed by atoms with Crippen LogP contribution in [0.3, 0.4) is 0 Å². The van der Waals surface area contributed by atoms with Crippen LogP contribution in [0.25, 0.3) is 0 Å². The molecule has 2 nitrogen and oxygen atoms in total. The Morgan fingerprint density at radius 1 is 0.963 bits per heavy atom. The minimum Gasteiger partial charge on any atom is -0.376 e. The molecule has 0 aliphatic heterocycles. The molecule has 0 spiro atoms. The van der Waals surface area contributed by atoms with Gasteiger partial charge in [-0.05, 0) is 43.7 Å². The van der Waals surface area contributed by atoms with E-state index in [1.807, 2.05) is 32.5 Å². The van der Waals surface area contributed by atoms with Crippen LogP contribution in [-0.4, -0.2) is 23.7 Å².